The Labute approximate surface area is 174 Å². The first-order valence-electron chi connectivity index (χ1n) is 8.82. The lowest BCUT2D eigenvalue weighted by Gasteiger charge is -2.16. The highest BCUT2D eigenvalue weighted by Crippen LogP contribution is 2.35. The number of hydrogen-bond donors (Lipinski definition) is 3. The van der Waals surface area contributed by atoms with Crippen molar-refractivity contribution in [3.63, 3.8) is 0 Å². The number of aliphatic hydroxyl groups excluding tert-OH is 1. The molecule has 1 aromatic heterocycles. The van der Waals surface area contributed by atoms with Crippen LogP contribution in [0.3, 0.4) is 0 Å². The monoisotopic (exact) mass is 424 g/mol. The molecule has 2 heterocycles. The Morgan fingerprint density at radius 3 is 2.83 bits per heavy atom. The minimum absolute atomic E-state index is 0.108. The smallest absolute Gasteiger partial charge is 0.329 e. The fourth-order valence-electron chi connectivity index (χ4n) is 3.35. The van der Waals surface area contributed by atoms with E-state index in [0.29, 0.717) is 16.3 Å². The van der Waals surface area contributed by atoms with Crippen molar-refractivity contribution in [3.05, 3.63) is 80.1 Å². The average Bonchev–Trinajstić information content (AvgIpc) is 3.24. The number of aromatic nitrogens is 2. The number of rotatable bonds is 4. The number of benzene rings is 2. The van der Waals surface area contributed by atoms with Gasteiger partial charge in [0.25, 0.3) is 0 Å². The van der Waals surface area contributed by atoms with Crippen LogP contribution in [0.15, 0.2) is 46.2 Å². The number of fused-ring (bicyclic) bond motifs is 1. The number of H-pyrrole nitrogens is 1. The molecule has 1 unspecified atom stereocenters. The van der Waals surface area contributed by atoms with Crippen molar-refractivity contribution in [3.8, 4) is 11.9 Å². The quantitative estimate of drug-likeness (QED) is 0.595. The number of imidazole rings is 1. The molecule has 3 N–H and O–H groups in total. The lowest BCUT2D eigenvalue weighted by Crippen LogP contribution is -2.25. The van der Waals surface area contributed by atoms with E-state index in [-0.39, 0.29) is 16.8 Å². The van der Waals surface area contributed by atoms with Crippen LogP contribution in [0.5, 0.6) is 5.88 Å². The summed E-state index contributed by atoms with van der Waals surface area (Å²) in [5.74, 6) is -1.21. The van der Waals surface area contributed by atoms with E-state index >= 15 is 0 Å². The van der Waals surface area contributed by atoms with Gasteiger partial charge in [-0.2, -0.15) is 5.26 Å². The number of halogens is 2. The van der Waals surface area contributed by atoms with Crippen LogP contribution in [0, 0.1) is 17.1 Å². The molecule has 0 bridgehead atoms. The van der Waals surface area contributed by atoms with Gasteiger partial charge in [-0.15, -0.1) is 0 Å². The second-order valence-electron chi connectivity index (χ2n) is 6.61. The molecule has 0 saturated heterocycles. The molecule has 150 valence electrons. The van der Waals surface area contributed by atoms with Gasteiger partial charge in [0.1, 0.15) is 17.6 Å². The van der Waals surface area contributed by atoms with Gasteiger partial charge in [0.05, 0.1) is 23.9 Å². The Morgan fingerprint density at radius 1 is 1.33 bits per heavy atom. The van der Waals surface area contributed by atoms with Gasteiger partial charge < -0.3 is 15.2 Å². The Bertz CT molecular complexity index is 1320. The summed E-state index contributed by atoms with van der Waals surface area (Å²) in [4.78, 5) is 19.3. The van der Waals surface area contributed by atoms with Gasteiger partial charge in [0.15, 0.2) is 0 Å². The zero-order valence-electron chi connectivity index (χ0n) is 15.3. The summed E-state index contributed by atoms with van der Waals surface area (Å²) >= 11 is 5.97. The van der Waals surface area contributed by atoms with Crippen LogP contribution >= 0.6 is 11.6 Å². The minimum Gasteiger partial charge on any atom is -0.493 e. The number of aliphatic hydroxyl groups is 1. The molecule has 1 aliphatic heterocycles. The van der Waals surface area contributed by atoms with Gasteiger partial charge in [-0.25, -0.2) is 9.18 Å². The highest BCUT2D eigenvalue weighted by Gasteiger charge is 2.23. The Kier molecular flexibility index (Phi) is 4.99. The molecule has 2 aromatic carbocycles. The summed E-state index contributed by atoms with van der Waals surface area (Å²) in [7, 11) is 0. The molecule has 0 amide bonds. The standard InChI is InChI=1S/C21H14ClFN4O3/c22-14-3-4-15-13(9-25-17(15)7-14)6-18-20(29)27(21(30)26-18)19(10-28)11-1-2-12(8-24)16(23)5-11/h1-7,9,19,28-29H,10H2,(H,26,30)/b13-6+. The van der Waals surface area contributed by atoms with Crippen molar-refractivity contribution in [2.75, 3.05) is 6.61 Å². The largest absolute Gasteiger partial charge is 0.493 e. The molecule has 1 atom stereocenters. The van der Waals surface area contributed by atoms with Gasteiger partial charge >= 0.3 is 5.69 Å². The Morgan fingerprint density at radius 2 is 2.13 bits per heavy atom. The fraction of sp³-hybridized carbons (Fsp3) is 0.0952. The van der Waals surface area contributed by atoms with Crippen LogP contribution in [-0.4, -0.2) is 32.6 Å². The number of nitrogens with one attached hydrogen (secondary N) is 1. The Balaban J connectivity index is 1.76. The van der Waals surface area contributed by atoms with Gasteiger partial charge in [-0.05, 0) is 35.9 Å². The average molecular weight is 425 g/mol. The zero-order valence-corrected chi connectivity index (χ0v) is 16.1. The molecule has 7 nitrogen and oxygen atoms in total. The Hall–Kier alpha value is -3.67. The molecule has 9 heteroatoms. The number of allylic oxidation sites excluding steroid dienone is 1. The maximum absolute atomic E-state index is 14.0. The van der Waals surface area contributed by atoms with Crippen LogP contribution in [0.2, 0.25) is 5.02 Å². The molecule has 30 heavy (non-hydrogen) atoms. The molecule has 0 fully saturated rings. The van der Waals surface area contributed by atoms with E-state index in [0.717, 1.165) is 16.2 Å². The SMILES string of the molecule is N#Cc1ccc(C(CO)n2c(O)c(/C=C3\C=Nc4cc(Cl)ccc43)[nH]c2=O)cc1F. The van der Waals surface area contributed by atoms with Gasteiger partial charge in [-0.1, -0.05) is 23.7 Å². The molecular formula is C21H14ClFN4O3. The predicted octanol–water partition coefficient (Wildman–Crippen LogP) is 3.38. The van der Waals surface area contributed by atoms with Crippen molar-refractivity contribution in [2.45, 2.75) is 6.04 Å². The summed E-state index contributed by atoms with van der Waals surface area (Å²) in [6.07, 6.45) is 3.12. The first-order chi connectivity index (χ1) is 14.4. The third-order valence-corrected chi connectivity index (χ3v) is 5.06. The van der Waals surface area contributed by atoms with Gasteiger partial charge in [0.2, 0.25) is 5.88 Å². The van der Waals surface area contributed by atoms with Crippen LogP contribution in [0.4, 0.5) is 10.1 Å². The van der Waals surface area contributed by atoms with E-state index in [1.54, 1.807) is 36.6 Å². The lowest BCUT2D eigenvalue weighted by atomic mass is 10.0. The molecule has 4 rings (SSSR count). The molecule has 0 aliphatic carbocycles. The van der Waals surface area contributed by atoms with Crippen LogP contribution < -0.4 is 5.69 Å². The minimum atomic E-state index is -1.05. The van der Waals surface area contributed by atoms with Crippen molar-refractivity contribution >= 4 is 35.2 Å². The molecule has 0 spiro atoms. The molecule has 3 aromatic rings. The van der Waals surface area contributed by atoms with Crippen LogP contribution in [-0.2, 0) is 0 Å². The number of aromatic amines is 1. The third kappa shape index (κ3) is 3.30. The van der Waals surface area contributed by atoms with Crippen molar-refractivity contribution in [1.29, 1.82) is 5.26 Å². The summed E-state index contributed by atoms with van der Waals surface area (Å²) in [6, 6.07) is 9.57. The predicted molar refractivity (Wildman–Crippen MR) is 111 cm³/mol. The van der Waals surface area contributed by atoms with E-state index in [1.165, 1.54) is 12.1 Å². The van der Waals surface area contributed by atoms with Crippen LogP contribution in [0.25, 0.3) is 11.6 Å². The van der Waals surface area contributed by atoms with E-state index < -0.39 is 30.0 Å². The molecule has 0 radical (unpaired) electrons. The summed E-state index contributed by atoms with van der Waals surface area (Å²) < 4.78 is 14.9. The van der Waals surface area contributed by atoms with Crippen molar-refractivity contribution < 1.29 is 14.6 Å². The van der Waals surface area contributed by atoms with Crippen LogP contribution in [0.1, 0.15) is 28.4 Å². The molecule has 0 saturated carbocycles. The normalized spacial score (nSPS) is 14.7. The third-order valence-electron chi connectivity index (χ3n) is 4.83. The number of hydrogen-bond acceptors (Lipinski definition) is 5. The van der Waals surface area contributed by atoms with E-state index in [4.69, 9.17) is 16.9 Å². The summed E-state index contributed by atoms with van der Waals surface area (Å²) in [5, 5.41) is 29.9. The summed E-state index contributed by atoms with van der Waals surface area (Å²) in [5.41, 5.74) is 1.58. The van der Waals surface area contributed by atoms with Gasteiger partial charge in [0, 0.05) is 22.4 Å². The zero-order chi connectivity index (χ0) is 21.4. The first kappa shape index (κ1) is 19.6. The highest BCUT2D eigenvalue weighted by molar-refractivity contribution is 6.31. The van der Waals surface area contributed by atoms with E-state index in [2.05, 4.69) is 9.98 Å². The van der Waals surface area contributed by atoms with Crippen molar-refractivity contribution in [1.82, 2.24) is 9.55 Å². The van der Waals surface area contributed by atoms with Gasteiger partial charge in [-0.3, -0.25) is 9.56 Å². The van der Waals surface area contributed by atoms with E-state index in [9.17, 15) is 19.4 Å². The second kappa shape index (κ2) is 7.63. The topological polar surface area (TPSA) is 114 Å². The molecular weight excluding hydrogens is 411 g/mol. The maximum atomic E-state index is 14.0. The first-order valence-corrected chi connectivity index (χ1v) is 9.20. The van der Waals surface area contributed by atoms with Crippen molar-refractivity contribution in [2.24, 2.45) is 4.99 Å². The number of aliphatic imine (C=N–C) groups is 1. The lowest BCUT2D eigenvalue weighted by molar-refractivity contribution is 0.237. The second-order valence-corrected chi connectivity index (χ2v) is 7.04. The number of nitriles is 1. The number of nitrogens with zero attached hydrogens (tertiary/aromatic N) is 3. The fourth-order valence-corrected chi connectivity index (χ4v) is 3.51. The molecule has 1 aliphatic rings. The number of aromatic hydroxyl groups is 1. The maximum Gasteiger partial charge on any atom is 0.329 e. The summed E-state index contributed by atoms with van der Waals surface area (Å²) in [6.45, 7) is -0.574. The highest BCUT2D eigenvalue weighted by atomic mass is 35.5. The van der Waals surface area contributed by atoms with E-state index in [1.807, 2.05) is 0 Å².